The molecule has 1 saturated heterocycles. The van der Waals surface area contributed by atoms with Crippen molar-refractivity contribution in [3.8, 4) is 17.0 Å². The van der Waals surface area contributed by atoms with E-state index in [1.165, 1.54) is 6.33 Å². The lowest BCUT2D eigenvalue weighted by molar-refractivity contribution is -0.181. The Morgan fingerprint density at radius 2 is 1.84 bits per heavy atom. The number of nitrogens with two attached hydrogens (primary N) is 1. The number of ether oxygens (including phenoxy) is 3. The zero-order chi connectivity index (χ0) is 26.1. The Morgan fingerprint density at radius 3 is 2.58 bits per heavy atom. The van der Waals surface area contributed by atoms with Crippen molar-refractivity contribution in [1.82, 2.24) is 25.1 Å². The van der Waals surface area contributed by atoms with Gasteiger partial charge in [-0.3, -0.25) is 4.79 Å². The van der Waals surface area contributed by atoms with Crippen LogP contribution in [0.2, 0.25) is 0 Å². The third-order valence-corrected chi connectivity index (χ3v) is 7.43. The van der Waals surface area contributed by atoms with E-state index in [4.69, 9.17) is 25.0 Å². The second-order valence-electron chi connectivity index (χ2n) is 9.67. The molecule has 2 fully saturated rings. The molecule has 196 valence electrons. The summed E-state index contributed by atoms with van der Waals surface area (Å²) in [6.07, 6.45) is 4.89. The standard InChI is InChI=1S/C28H30N6O4/c1-36-22-5-3-2-4-21(22)27(35)30-16-18-6-8-19(9-7-18)24-23-25(29)31-17-32-26(23)34(33-24)20-10-12-28(13-11-20)37-14-15-38-28/h2-9,17,20H,10-16H2,1H3,(H,30,35)(H2,29,31,32). The van der Waals surface area contributed by atoms with Gasteiger partial charge in [-0.05, 0) is 30.5 Å². The molecule has 1 aliphatic carbocycles. The Labute approximate surface area is 220 Å². The molecule has 1 saturated carbocycles. The van der Waals surface area contributed by atoms with Crippen molar-refractivity contribution < 1.29 is 19.0 Å². The molecule has 0 radical (unpaired) electrons. The van der Waals surface area contributed by atoms with Gasteiger partial charge in [0, 0.05) is 24.9 Å². The van der Waals surface area contributed by atoms with Crippen LogP contribution in [0, 0.1) is 0 Å². The maximum Gasteiger partial charge on any atom is 0.255 e. The summed E-state index contributed by atoms with van der Waals surface area (Å²) < 4.78 is 19.1. The van der Waals surface area contributed by atoms with Crippen molar-refractivity contribution in [2.45, 2.75) is 44.1 Å². The van der Waals surface area contributed by atoms with E-state index in [2.05, 4.69) is 15.3 Å². The van der Waals surface area contributed by atoms with Crippen molar-refractivity contribution in [1.29, 1.82) is 0 Å². The fourth-order valence-corrected chi connectivity index (χ4v) is 5.41. The first kappa shape index (κ1) is 24.3. The minimum atomic E-state index is -0.437. The summed E-state index contributed by atoms with van der Waals surface area (Å²) in [5.74, 6) is 0.315. The van der Waals surface area contributed by atoms with E-state index in [1.807, 2.05) is 41.1 Å². The van der Waals surface area contributed by atoms with Crippen molar-refractivity contribution in [3.63, 3.8) is 0 Å². The average molecular weight is 515 g/mol. The lowest BCUT2D eigenvalue weighted by Gasteiger charge is -2.35. The zero-order valence-corrected chi connectivity index (χ0v) is 21.2. The number of methoxy groups -OCH3 is 1. The molecule has 4 aromatic rings. The molecule has 1 spiro atoms. The smallest absolute Gasteiger partial charge is 0.255 e. The second-order valence-corrected chi connectivity index (χ2v) is 9.67. The lowest BCUT2D eigenvalue weighted by atomic mass is 9.90. The number of hydrogen-bond acceptors (Lipinski definition) is 8. The van der Waals surface area contributed by atoms with Crippen LogP contribution in [0.15, 0.2) is 54.9 Å². The van der Waals surface area contributed by atoms with E-state index in [0.717, 1.165) is 53.5 Å². The maximum atomic E-state index is 12.7. The van der Waals surface area contributed by atoms with Gasteiger partial charge in [-0.15, -0.1) is 0 Å². The minimum absolute atomic E-state index is 0.170. The van der Waals surface area contributed by atoms with Crippen molar-refractivity contribution >= 4 is 22.8 Å². The van der Waals surface area contributed by atoms with Gasteiger partial charge in [-0.2, -0.15) is 5.10 Å². The number of nitrogens with zero attached hydrogens (tertiary/aromatic N) is 4. The number of anilines is 1. The molecule has 10 heteroatoms. The van der Waals surface area contributed by atoms with E-state index < -0.39 is 5.79 Å². The normalized spacial score (nSPS) is 17.2. The molecule has 2 aromatic heterocycles. The van der Waals surface area contributed by atoms with Crippen LogP contribution >= 0.6 is 0 Å². The fraction of sp³-hybridized carbons (Fsp3) is 0.357. The summed E-state index contributed by atoms with van der Waals surface area (Å²) in [6.45, 7) is 1.69. The van der Waals surface area contributed by atoms with Gasteiger partial charge >= 0.3 is 0 Å². The zero-order valence-electron chi connectivity index (χ0n) is 21.2. The number of nitrogens with one attached hydrogen (secondary N) is 1. The Morgan fingerprint density at radius 1 is 1.11 bits per heavy atom. The first-order valence-corrected chi connectivity index (χ1v) is 12.8. The Balaban J connectivity index is 1.22. The average Bonchev–Trinajstić information content (AvgIpc) is 3.58. The van der Waals surface area contributed by atoms with E-state index in [0.29, 0.717) is 36.9 Å². The van der Waals surface area contributed by atoms with E-state index >= 15 is 0 Å². The third kappa shape index (κ3) is 4.46. The largest absolute Gasteiger partial charge is 0.496 e. The van der Waals surface area contributed by atoms with Crippen LogP contribution in [0.1, 0.15) is 47.6 Å². The number of hydrogen-bond donors (Lipinski definition) is 2. The highest BCUT2D eigenvalue weighted by atomic mass is 16.7. The van der Waals surface area contributed by atoms with Crippen LogP contribution in [0.25, 0.3) is 22.3 Å². The molecule has 10 nitrogen and oxygen atoms in total. The Kier molecular flexibility index (Phi) is 6.42. The Hall–Kier alpha value is -4.02. The molecule has 0 atom stereocenters. The molecular weight excluding hydrogens is 484 g/mol. The monoisotopic (exact) mass is 514 g/mol. The SMILES string of the molecule is COc1ccccc1C(=O)NCc1ccc(-c2nn(C3CCC4(CC3)OCCO4)c3ncnc(N)c23)cc1. The molecule has 6 rings (SSSR count). The van der Waals surface area contributed by atoms with Crippen molar-refractivity contribution in [2.24, 2.45) is 0 Å². The van der Waals surface area contributed by atoms with Crippen LogP contribution < -0.4 is 15.8 Å². The summed E-state index contributed by atoms with van der Waals surface area (Å²) >= 11 is 0. The van der Waals surface area contributed by atoms with Gasteiger partial charge < -0.3 is 25.3 Å². The summed E-state index contributed by atoms with van der Waals surface area (Å²) in [4.78, 5) is 21.4. The van der Waals surface area contributed by atoms with Crippen LogP contribution in [0.3, 0.4) is 0 Å². The fourth-order valence-electron chi connectivity index (χ4n) is 5.41. The van der Waals surface area contributed by atoms with Crippen LogP contribution in [-0.4, -0.2) is 51.8 Å². The number of benzene rings is 2. The lowest BCUT2D eigenvalue weighted by Crippen LogP contribution is -2.36. The van der Waals surface area contributed by atoms with E-state index in [1.54, 1.807) is 19.2 Å². The predicted molar refractivity (Wildman–Crippen MR) is 141 cm³/mol. The topological polar surface area (TPSA) is 126 Å². The van der Waals surface area contributed by atoms with Gasteiger partial charge in [0.2, 0.25) is 0 Å². The highest BCUT2D eigenvalue weighted by Gasteiger charge is 2.41. The van der Waals surface area contributed by atoms with E-state index in [9.17, 15) is 4.79 Å². The summed E-state index contributed by atoms with van der Waals surface area (Å²) in [6, 6.07) is 15.2. The highest BCUT2D eigenvalue weighted by molar-refractivity contribution is 5.98. The van der Waals surface area contributed by atoms with Gasteiger partial charge in [0.25, 0.3) is 5.91 Å². The highest BCUT2D eigenvalue weighted by Crippen LogP contribution is 2.42. The maximum absolute atomic E-state index is 12.7. The number of carbonyl (C=O) groups is 1. The van der Waals surface area contributed by atoms with Crippen LogP contribution in [0.5, 0.6) is 5.75 Å². The minimum Gasteiger partial charge on any atom is -0.496 e. The van der Waals surface area contributed by atoms with Crippen LogP contribution in [-0.2, 0) is 16.0 Å². The first-order valence-electron chi connectivity index (χ1n) is 12.8. The van der Waals surface area contributed by atoms with Gasteiger partial charge in [0.1, 0.15) is 23.6 Å². The number of para-hydroxylation sites is 1. The van der Waals surface area contributed by atoms with E-state index in [-0.39, 0.29) is 11.9 Å². The number of rotatable bonds is 6. The number of fused-ring (bicyclic) bond motifs is 1. The van der Waals surface area contributed by atoms with Gasteiger partial charge in [0.15, 0.2) is 11.4 Å². The quantitative estimate of drug-likeness (QED) is 0.397. The summed E-state index contributed by atoms with van der Waals surface area (Å²) in [7, 11) is 1.55. The molecule has 3 heterocycles. The summed E-state index contributed by atoms with van der Waals surface area (Å²) in [5.41, 5.74) is 10.2. The molecule has 0 bridgehead atoms. The molecule has 38 heavy (non-hydrogen) atoms. The van der Waals surface area contributed by atoms with Crippen molar-refractivity contribution in [3.05, 3.63) is 66.0 Å². The van der Waals surface area contributed by atoms with Crippen molar-refractivity contribution in [2.75, 3.05) is 26.1 Å². The second kappa shape index (κ2) is 10.0. The molecule has 2 aliphatic rings. The molecule has 3 N–H and O–H groups in total. The molecule has 1 aliphatic heterocycles. The first-order chi connectivity index (χ1) is 18.6. The molecule has 1 amide bonds. The molecule has 0 unspecified atom stereocenters. The Bertz CT molecular complexity index is 1450. The molecular formula is C28H30N6O4. The number of aromatic nitrogens is 4. The third-order valence-electron chi connectivity index (χ3n) is 7.43. The van der Waals surface area contributed by atoms with Gasteiger partial charge in [-0.1, -0.05) is 36.4 Å². The molecule has 2 aromatic carbocycles. The number of nitrogen functional groups attached to an aromatic ring is 1. The summed E-state index contributed by atoms with van der Waals surface area (Å²) in [5, 5.41) is 8.70. The van der Waals surface area contributed by atoms with Gasteiger partial charge in [-0.25, -0.2) is 14.6 Å². The number of carbonyl (C=O) groups excluding carboxylic acids is 1. The van der Waals surface area contributed by atoms with Gasteiger partial charge in [0.05, 0.1) is 37.3 Å². The predicted octanol–water partition coefficient (Wildman–Crippen LogP) is 3.87. The number of amides is 1. The van der Waals surface area contributed by atoms with Crippen LogP contribution in [0.4, 0.5) is 5.82 Å².